The van der Waals surface area contributed by atoms with Crippen molar-refractivity contribution in [2.24, 2.45) is 5.92 Å². The molecule has 0 aromatic heterocycles. The molecule has 4 heteroatoms. The summed E-state index contributed by atoms with van der Waals surface area (Å²) < 4.78 is 5.08. The van der Waals surface area contributed by atoms with Crippen molar-refractivity contribution >= 4 is 5.91 Å². The van der Waals surface area contributed by atoms with Crippen molar-refractivity contribution in [3.05, 3.63) is 29.8 Å². The van der Waals surface area contributed by atoms with Gasteiger partial charge < -0.3 is 15.2 Å². The van der Waals surface area contributed by atoms with Gasteiger partial charge in [0.15, 0.2) is 0 Å². The van der Waals surface area contributed by atoms with Crippen molar-refractivity contribution in [3.8, 4) is 5.75 Å². The summed E-state index contributed by atoms with van der Waals surface area (Å²) in [6.45, 7) is 2.80. The molecule has 0 radical (unpaired) electrons. The van der Waals surface area contributed by atoms with Gasteiger partial charge in [-0.2, -0.15) is 0 Å². The number of ether oxygens (including phenoxy) is 1. The van der Waals surface area contributed by atoms with E-state index in [0.29, 0.717) is 23.8 Å². The molecule has 1 amide bonds. The fourth-order valence-corrected chi connectivity index (χ4v) is 1.74. The normalized spacial score (nSPS) is 11.9. The monoisotopic (exact) mass is 251 g/mol. The van der Waals surface area contributed by atoms with Gasteiger partial charge in [-0.05, 0) is 30.5 Å². The predicted octanol–water partition coefficient (Wildman–Crippen LogP) is 1.83. The summed E-state index contributed by atoms with van der Waals surface area (Å²) in [4.78, 5) is 11.9. The van der Waals surface area contributed by atoms with Gasteiger partial charge in [-0.25, -0.2) is 0 Å². The molecule has 1 aromatic rings. The number of amides is 1. The van der Waals surface area contributed by atoms with Crippen LogP contribution in [0, 0.1) is 5.92 Å². The van der Waals surface area contributed by atoms with Crippen molar-refractivity contribution in [2.75, 3.05) is 20.3 Å². The quantitative estimate of drug-likeness (QED) is 0.777. The number of nitrogens with one attached hydrogen (secondary N) is 1. The molecule has 0 aliphatic heterocycles. The lowest BCUT2D eigenvalue weighted by Gasteiger charge is -2.14. The number of hydrogen-bond acceptors (Lipinski definition) is 3. The first kappa shape index (κ1) is 14.5. The van der Waals surface area contributed by atoms with Gasteiger partial charge >= 0.3 is 0 Å². The van der Waals surface area contributed by atoms with Crippen molar-refractivity contribution in [1.82, 2.24) is 5.32 Å². The average molecular weight is 251 g/mol. The highest BCUT2D eigenvalue weighted by Gasteiger charge is 2.10. The fourth-order valence-electron chi connectivity index (χ4n) is 1.74. The maximum atomic E-state index is 11.9. The van der Waals surface area contributed by atoms with Crippen LogP contribution in [0.1, 0.15) is 30.1 Å². The fraction of sp³-hybridized carbons (Fsp3) is 0.500. The largest absolute Gasteiger partial charge is 0.497 e. The first-order valence-electron chi connectivity index (χ1n) is 6.24. The topological polar surface area (TPSA) is 58.6 Å². The molecule has 4 nitrogen and oxygen atoms in total. The van der Waals surface area contributed by atoms with Crippen LogP contribution in [0.3, 0.4) is 0 Å². The maximum Gasteiger partial charge on any atom is 0.251 e. The van der Waals surface area contributed by atoms with Crippen molar-refractivity contribution in [3.63, 3.8) is 0 Å². The number of carbonyl (C=O) groups is 1. The molecule has 0 aliphatic carbocycles. The third-order valence-corrected chi connectivity index (χ3v) is 3.00. The van der Waals surface area contributed by atoms with E-state index < -0.39 is 0 Å². The zero-order valence-corrected chi connectivity index (χ0v) is 11.0. The van der Waals surface area contributed by atoms with E-state index in [9.17, 15) is 4.79 Å². The third kappa shape index (κ3) is 4.37. The molecule has 0 heterocycles. The van der Waals surface area contributed by atoms with E-state index >= 15 is 0 Å². The number of aliphatic hydroxyl groups excluding tert-OH is 1. The highest BCUT2D eigenvalue weighted by atomic mass is 16.5. The molecule has 0 spiro atoms. The minimum atomic E-state index is -0.106. The zero-order chi connectivity index (χ0) is 13.4. The van der Waals surface area contributed by atoms with E-state index in [-0.39, 0.29) is 12.5 Å². The Morgan fingerprint density at radius 3 is 2.89 bits per heavy atom. The van der Waals surface area contributed by atoms with Crippen LogP contribution in [0.5, 0.6) is 5.75 Å². The highest BCUT2D eigenvalue weighted by molar-refractivity contribution is 5.94. The molecule has 0 bridgehead atoms. The Hall–Kier alpha value is -1.55. The average Bonchev–Trinajstić information content (AvgIpc) is 2.43. The van der Waals surface area contributed by atoms with E-state index in [1.807, 2.05) is 0 Å². The summed E-state index contributed by atoms with van der Waals surface area (Å²) in [6, 6.07) is 7.06. The van der Waals surface area contributed by atoms with E-state index in [4.69, 9.17) is 9.84 Å². The number of carbonyl (C=O) groups excluding carboxylic acids is 1. The van der Waals surface area contributed by atoms with Gasteiger partial charge in [0.2, 0.25) is 0 Å². The summed E-state index contributed by atoms with van der Waals surface area (Å²) in [7, 11) is 1.57. The molecule has 0 aliphatic rings. The lowest BCUT2D eigenvalue weighted by atomic mass is 10.0. The Morgan fingerprint density at radius 1 is 1.50 bits per heavy atom. The number of benzene rings is 1. The predicted molar refractivity (Wildman–Crippen MR) is 70.8 cm³/mol. The second-order valence-electron chi connectivity index (χ2n) is 4.23. The molecule has 1 unspecified atom stereocenters. The zero-order valence-electron chi connectivity index (χ0n) is 11.0. The van der Waals surface area contributed by atoms with Crippen LogP contribution >= 0.6 is 0 Å². The van der Waals surface area contributed by atoms with E-state index in [1.165, 1.54) is 0 Å². The molecule has 0 fully saturated rings. The van der Waals surface area contributed by atoms with E-state index in [1.54, 1.807) is 31.4 Å². The van der Waals surface area contributed by atoms with Gasteiger partial charge in [0.25, 0.3) is 5.91 Å². The minimum absolute atomic E-state index is 0.106. The second kappa shape index (κ2) is 7.71. The Balaban J connectivity index is 2.53. The van der Waals surface area contributed by atoms with E-state index in [0.717, 1.165) is 12.8 Å². The second-order valence-corrected chi connectivity index (χ2v) is 4.23. The first-order chi connectivity index (χ1) is 8.71. The van der Waals surface area contributed by atoms with Crippen molar-refractivity contribution < 1.29 is 14.6 Å². The Bertz CT molecular complexity index is 379. The van der Waals surface area contributed by atoms with Crippen LogP contribution < -0.4 is 10.1 Å². The van der Waals surface area contributed by atoms with Crippen LogP contribution in [-0.2, 0) is 0 Å². The highest BCUT2D eigenvalue weighted by Crippen LogP contribution is 2.13. The summed E-state index contributed by atoms with van der Waals surface area (Å²) >= 11 is 0. The van der Waals surface area contributed by atoms with Crippen molar-refractivity contribution in [1.29, 1.82) is 0 Å². The van der Waals surface area contributed by atoms with Gasteiger partial charge in [0, 0.05) is 18.7 Å². The van der Waals surface area contributed by atoms with E-state index in [2.05, 4.69) is 12.2 Å². The van der Waals surface area contributed by atoms with Gasteiger partial charge in [0.1, 0.15) is 5.75 Å². The van der Waals surface area contributed by atoms with Crippen molar-refractivity contribution in [2.45, 2.75) is 19.8 Å². The van der Waals surface area contributed by atoms with Crippen LogP contribution in [-0.4, -0.2) is 31.3 Å². The molecular weight excluding hydrogens is 230 g/mol. The first-order valence-corrected chi connectivity index (χ1v) is 6.24. The van der Waals surface area contributed by atoms with Crippen LogP contribution in [0.2, 0.25) is 0 Å². The number of rotatable bonds is 7. The molecule has 0 saturated heterocycles. The minimum Gasteiger partial charge on any atom is -0.497 e. The molecule has 0 saturated carbocycles. The Morgan fingerprint density at radius 2 is 2.28 bits per heavy atom. The maximum absolute atomic E-state index is 11.9. The lowest BCUT2D eigenvalue weighted by molar-refractivity contribution is 0.0943. The number of hydrogen-bond donors (Lipinski definition) is 2. The smallest absolute Gasteiger partial charge is 0.251 e. The summed E-state index contributed by atoms with van der Waals surface area (Å²) in [6.07, 6.45) is 1.66. The molecule has 1 atom stereocenters. The van der Waals surface area contributed by atoms with Crippen LogP contribution in [0.25, 0.3) is 0 Å². The lowest BCUT2D eigenvalue weighted by Crippen LogP contribution is -2.29. The summed E-state index contributed by atoms with van der Waals surface area (Å²) in [5.41, 5.74) is 0.591. The summed E-state index contributed by atoms with van der Waals surface area (Å²) in [5.74, 6) is 0.889. The van der Waals surface area contributed by atoms with Gasteiger partial charge in [0.05, 0.1) is 7.11 Å². The molecule has 18 heavy (non-hydrogen) atoms. The Kier molecular flexibility index (Phi) is 6.22. The molecule has 100 valence electrons. The third-order valence-electron chi connectivity index (χ3n) is 3.00. The summed E-state index contributed by atoms with van der Waals surface area (Å²) in [5, 5.41) is 11.8. The van der Waals surface area contributed by atoms with Gasteiger partial charge in [-0.1, -0.05) is 19.4 Å². The number of aliphatic hydroxyl groups is 1. The molecular formula is C14H21NO3. The van der Waals surface area contributed by atoms with Gasteiger partial charge in [-0.3, -0.25) is 4.79 Å². The SMILES string of the molecule is CCC(CCO)CNC(=O)c1cccc(OC)c1. The van der Waals surface area contributed by atoms with Crippen LogP contribution in [0.4, 0.5) is 0 Å². The number of methoxy groups -OCH3 is 1. The molecule has 1 aromatic carbocycles. The van der Waals surface area contributed by atoms with Crippen LogP contribution in [0.15, 0.2) is 24.3 Å². The van der Waals surface area contributed by atoms with Gasteiger partial charge in [-0.15, -0.1) is 0 Å². The molecule has 2 N–H and O–H groups in total. The Labute approximate surface area is 108 Å². The molecule has 1 rings (SSSR count). The standard InChI is InChI=1S/C14H21NO3/c1-3-11(7-8-16)10-15-14(17)12-5-4-6-13(9-12)18-2/h4-6,9,11,16H,3,7-8,10H2,1-2H3,(H,15,17).